The summed E-state index contributed by atoms with van der Waals surface area (Å²) in [7, 11) is 3.54. The Morgan fingerprint density at radius 3 is 2.80 bits per heavy atom. The van der Waals surface area contributed by atoms with Crippen LogP contribution in [0.3, 0.4) is 0 Å². The van der Waals surface area contributed by atoms with Crippen molar-refractivity contribution in [2.75, 3.05) is 24.3 Å². The molecule has 0 radical (unpaired) electrons. The lowest BCUT2D eigenvalue weighted by atomic mass is 10.2. The summed E-state index contributed by atoms with van der Waals surface area (Å²) in [6, 6.07) is 7.31. The van der Waals surface area contributed by atoms with Gasteiger partial charge in [0.25, 0.3) is 0 Å². The van der Waals surface area contributed by atoms with Gasteiger partial charge in [0, 0.05) is 28.8 Å². The number of nitrogens with zero attached hydrogens (tertiary/aromatic N) is 2. The quantitative estimate of drug-likeness (QED) is 0.647. The number of rotatable bonds is 5. The number of nitrogens with one attached hydrogen (secondary N) is 1. The number of benzene rings is 1. The van der Waals surface area contributed by atoms with E-state index in [1.807, 2.05) is 29.5 Å². The van der Waals surface area contributed by atoms with E-state index in [-0.39, 0.29) is 10.6 Å². The minimum Gasteiger partial charge on any atom is -0.382 e. The second-order valence-corrected chi connectivity index (χ2v) is 6.18. The van der Waals surface area contributed by atoms with Gasteiger partial charge < -0.3 is 10.2 Å². The molecule has 2 rings (SSSR count). The summed E-state index contributed by atoms with van der Waals surface area (Å²) in [4.78, 5) is 14.0. The number of para-hydroxylation sites is 1. The van der Waals surface area contributed by atoms with Crippen LogP contribution in [0.2, 0.25) is 0 Å². The minimum absolute atomic E-state index is 0.105. The highest BCUT2D eigenvalue weighted by Crippen LogP contribution is 2.35. The fourth-order valence-electron chi connectivity index (χ4n) is 1.99. The van der Waals surface area contributed by atoms with E-state index >= 15 is 0 Å². The van der Waals surface area contributed by atoms with Gasteiger partial charge in [0.2, 0.25) is 0 Å². The lowest BCUT2D eigenvalue weighted by molar-refractivity contribution is -0.383. The molecule has 0 atom stereocenters. The molecule has 1 aromatic heterocycles. The molecule has 0 saturated carbocycles. The average molecular weight is 356 g/mol. The Morgan fingerprint density at radius 2 is 2.25 bits per heavy atom. The van der Waals surface area contributed by atoms with Crippen molar-refractivity contribution in [3.05, 3.63) is 49.1 Å². The van der Waals surface area contributed by atoms with Crippen molar-refractivity contribution in [3.8, 4) is 0 Å². The maximum atomic E-state index is 11.3. The highest BCUT2D eigenvalue weighted by Gasteiger charge is 2.21. The zero-order valence-electron chi connectivity index (χ0n) is 11.1. The van der Waals surface area contributed by atoms with Gasteiger partial charge >= 0.3 is 5.69 Å². The van der Waals surface area contributed by atoms with E-state index < -0.39 is 0 Å². The third-order valence-corrected chi connectivity index (χ3v) is 4.58. The smallest absolute Gasteiger partial charge is 0.315 e. The molecule has 5 nitrogen and oxygen atoms in total. The van der Waals surface area contributed by atoms with E-state index in [0.717, 1.165) is 9.35 Å². The Balaban J connectivity index is 2.34. The molecule has 0 fully saturated rings. The minimum atomic E-state index is -0.345. The molecule has 0 spiro atoms. The first-order chi connectivity index (χ1) is 9.52. The largest absolute Gasteiger partial charge is 0.382 e. The van der Waals surface area contributed by atoms with Crippen LogP contribution in [-0.4, -0.2) is 19.0 Å². The summed E-state index contributed by atoms with van der Waals surface area (Å²) >= 11 is 5.04. The normalized spacial score (nSPS) is 10.3. The van der Waals surface area contributed by atoms with Crippen LogP contribution in [0.5, 0.6) is 0 Å². The maximum absolute atomic E-state index is 11.3. The van der Waals surface area contributed by atoms with E-state index in [1.165, 1.54) is 0 Å². The standard InChI is InChI=1S/C13H14BrN3O2S/c1-15-11-4-3-5-12(13(11)17(18)19)16(2)7-10-6-9(14)8-20-10/h3-6,8,15H,7H2,1-2H3. The van der Waals surface area contributed by atoms with E-state index in [9.17, 15) is 10.1 Å². The molecule has 106 valence electrons. The van der Waals surface area contributed by atoms with Crippen molar-refractivity contribution in [2.24, 2.45) is 0 Å². The second-order valence-electron chi connectivity index (χ2n) is 4.27. The van der Waals surface area contributed by atoms with Crippen molar-refractivity contribution in [1.29, 1.82) is 0 Å². The molecule has 0 aliphatic heterocycles. The van der Waals surface area contributed by atoms with Gasteiger partial charge in [0.15, 0.2) is 0 Å². The van der Waals surface area contributed by atoms with Crippen molar-refractivity contribution in [3.63, 3.8) is 0 Å². The van der Waals surface area contributed by atoms with Gasteiger partial charge in [-0.05, 0) is 34.1 Å². The van der Waals surface area contributed by atoms with E-state index in [2.05, 4.69) is 21.2 Å². The Labute approximate surface area is 129 Å². The van der Waals surface area contributed by atoms with Gasteiger partial charge in [-0.2, -0.15) is 0 Å². The molecule has 0 amide bonds. The van der Waals surface area contributed by atoms with Crippen LogP contribution in [-0.2, 0) is 6.54 Å². The highest BCUT2D eigenvalue weighted by molar-refractivity contribution is 9.10. The Hall–Kier alpha value is -1.60. The number of nitro benzene ring substituents is 1. The Morgan fingerprint density at radius 1 is 1.50 bits per heavy atom. The van der Waals surface area contributed by atoms with Crippen LogP contribution in [0.25, 0.3) is 0 Å². The Kier molecular flexibility index (Phi) is 4.61. The predicted molar refractivity (Wildman–Crippen MR) is 86.8 cm³/mol. The lowest BCUT2D eigenvalue weighted by Crippen LogP contribution is -2.17. The van der Waals surface area contributed by atoms with E-state index in [4.69, 9.17) is 0 Å². The molecular formula is C13H14BrN3O2S. The number of halogens is 1. The van der Waals surface area contributed by atoms with E-state index in [0.29, 0.717) is 17.9 Å². The molecule has 2 aromatic rings. The molecular weight excluding hydrogens is 342 g/mol. The molecule has 7 heteroatoms. The van der Waals surface area contributed by atoms with Crippen LogP contribution in [0.15, 0.2) is 34.1 Å². The summed E-state index contributed by atoms with van der Waals surface area (Å²) in [6.45, 7) is 0.629. The average Bonchev–Trinajstić information content (AvgIpc) is 2.82. The first kappa shape index (κ1) is 14.8. The topological polar surface area (TPSA) is 58.4 Å². The van der Waals surface area contributed by atoms with Crippen LogP contribution >= 0.6 is 27.3 Å². The van der Waals surface area contributed by atoms with Gasteiger partial charge in [0.1, 0.15) is 11.4 Å². The van der Waals surface area contributed by atoms with Gasteiger partial charge in [-0.1, -0.05) is 6.07 Å². The van der Waals surface area contributed by atoms with Gasteiger partial charge in [-0.25, -0.2) is 0 Å². The van der Waals surface area contributed by atoms with Crippen molar-refractivity contribution in [2.45, 2.75) is 6.54 Å². The second kappa shape index (κ2) is 6.23. The summed E-state index contributed by atoms with van der Waals surface area (Å²) in [5.74, 6) is 0. The fraction of sp³-hybridized carbons (Fsp3) is 0.231. The van der Waals surface area contributed by atoms with Crippen molar-refractivity contribution < 1.29 is 4.92 Å². The highest BCUT2D eigenvalue weighted by atomic mass is 79.9. The molecule has 0 saturated heterocycles. The van der Waals surface area contributed by atoms with Gasteiger partial charge in [-0.15, -0.1) is 11.3 Å². The summed E-state index contributed by atoms with van der Waals surface area (Å²) < 4.78 is 1.03. The fourth-order valence-corrected chi connectivity index (χ4v) is 3.49. The maximum Gasteiger partial charge on any atom is 0.315 e. The summed E-state index contributed by atoms with van der Waals surface area (Å²) in [6.07, 6.45) is 0. The number of nitro groups is 1. The molecule has 1 heterocycles. The van der Waals surface area contributed by atoms with Crippen LogP contribution in [0.1, 0.15) is 4.88 Å². The third-order valence-electron chi connectivity index (χ3n) is 2.89. The SMILES string of the molecule is CNc1cccc(N(C)Cc2cc(Br)cs2)c1[N+](=O)[O-]. The van der Waals surface area contributed by atoms with Crippen molar-refractivity contribution in [1.82, 2.24) is 0 Å². The molecule has 0 aliphatic carbocycles. The van der Waals surface area contributed by atoms with Crippen LogP contribution < -0.4 is 10.2 Å². The monoisotopic (exact) mass is 355 g/mol. The van der Waals surface area contributed by atoms with Crippen LogP contribution in [0.4, 0.5) is 17.1 Å². The molecule has 0 unspecified atom stereocenters. The zero-order chi connectivity index (χ0) is 14.7. The first-order valence-electron chi connectivity index (χ1n) is 5.92. The van der Waals surface area contributed by atoms with Gasteiger partial charge in [-0.3, -0.25) is 10.1 Å². The molecule has 0 aliphatic rings. The lowest BCUT2D eigenvalue weighted by Gasteiger charge is -2.19. The van der Waals surface area contributed by atoms with Crippen LogP contribution in [0, 0.1) is 10.1 Å². The summed E-state index contributed by atoms with van der Waals surface area (Å²) in [5.41, 5.74) is 1.23. The number of thiophene rings is 1. The van der Waals surface area contributed by atoms with Crippen molar-refractivity contribution >= 4 is 44.3 Å². The first-order valence-corrected chi connectivity index (χ1v) is 7.59. The Bertz CT molecular complexity index is 630. The molecule has 20 heavy (non-hydrogen) atoms. The molecule has 1 N–H and O–H groups in total. The number of hydrogen-bond acceptors (Lipinski definition) is 5. The molecule has 0 bridgehead atoms. The summed E-state index contributed by atoms with van der Waals surface area (Å²) in [5, 5.41) is 16.2. The number of anilines is 2. The third kappa shape index (κ3) is 3.10. The predicted octanol–water partition coefficient (Wildman–Crippen LogP) is 4.10. The molecule has 1 aromatic carbocycles. The zero-order valence-corrected chi connectivity index (χ0v) is 13.5. The number of hydrogen-bond donors (Lipinski definition) is 1. The van der Waals surface area contributed by atoms with E-state index in [1.54, 1.807) is 30.5 Å². The van der Waals surface area contributed by atoms with Gasteiger partial charge in [0.05, 0.1) is 11.5 Å².